The quantitative estimate of drug-likeness (QED) is 0.775. The second kappa shape index (κ2) is 6.81. The van der Waals surface area contributed by atoms with Gasteiger partial charge in [-0.1, -0.05) is 26.0 Å². The van der Waals surface area contributed by atoms with Crippen LogP contribution in [0.15, 0.2) is 57.7 Å². The lowest BCUT2D eigenvalue weighted by Gasteiger charge is -2.08. The third-order valence-corrected chi connectivity index (χ3v) is 4.00. The van der Waals surface area contributed by atoms with E-state index in [4.69, 9.17) is 9.15 Å². The Morgan fingerprint density at radius 2 is 1.80 bits per heavy atom. The maximum atomic E-state index is 12.4. The molecule has 5 heteroatoms. The molecule has 1 amide bonds. The SMILES string of the molecule is COc1ccc2c(=O)cc(C(=O)Nc3ccc(C(C)C)cc3)oc2c1. The molecule has 25 heavy (non-hydrogen) atoms. The van der Waals surface area contributed by atoms with Crippen molar-refractivity contribution in [1.29, 1.82) is 0 Å². The molecule has 0 atom stereocenters. The van der Waals surface area contributed by atoms with Crippen molar-refractivity contribution < 1.29 is 13.9 Å². The van der Waals surface area contributed by atoms with E-state index in [1.54, 1.807) is 18.2 Å². The van der Waals surface area contributed by atoms with Gasteiger partial charge in [0.25, 0.3) is 5.91 Å². The molecule has 0 aliphatic rings. The van der Waals surface area contributed by atoms with Crippen LogP contribution in [0.1, 0.15) is 35.9 Å². The third kappa shape index (κ3) is 3.55. The fraction of sp³-hybridized carbons (Fsp3) is 0.200. The first-order chi connectivity index (χ1) is 12.0. The van der Waals surface area contributed by atoms with Gasteiger partial charge in [-0.3, -0.25) is 9.59 Å². The average Bonchev–Trinajstić information content (AvgIpc) is 2.61. The van der Waals surface area contributed by atoms with Gasteiger partial charge in [-0.15, -0.1) is 0 Å². The molecule has 0 radical (unpaired) electrons. The number of carbonyl (C=O) groups excluding carboxylic acids is 1. The zero-order valence-corrected chi connectivity index (χ0v) is 14.3. The Hall–Kier alpha value is -3.08. The number of ether oxygens (including phenoxy) is 1. The second-order valence-electron chi connectivity index (χ2n) is 6.07. The summed E-state index contributed by atoms with van der Waals surface area (Å²) in [5.41, 5.74) is 1.86. The lowest BCUT2D eigenvalue weighted by atomic mass is 10.0. The van der Waals surface area contributed by atoms with Crippen molar-refractivity contribution in [2.45, 2.75) is 19.8 Å². The summed E-state index contributed by atoms with van der Waals surface area (Å²) < 4.78 is 10.7. The molecule has 3 aromatic rings. The van der Waals surface area contributed by atoms with E-state index < -0.39 is 5.91 Å². The van der Waals surface area contributed by atoms with Crippen LogP contribution in [0.25, 0.3) is 11.0 Å². The highest BCUT2D eigenvalue weighted by molar-refractivity contribution is 6.03. The molecule has 1 heterocycles. The highest BCUT2D eigenvalue weighted by atomic mass is 16.5. The zero-order valence-electron chi connectivity index (χ0n) is 14.3. The van der Waals surface area contributed by atoms with E-state index in [-0.39, 0.29) is 11.2 Å². The molecule has 3 rings (SSSR count). The standard InChI is InChI=1S/C20H19NO4/c1-12(2)13-4-6-14(7-5-13)21-20(23)19-11-17(22)16-9-8-15(24-3)10-18(16)25-19/h4-12H,1-3H3,(H,21,23). The molecule has 0 saturated heterocycles. The smallest absolute Gasteiger partial charge is 0.291 e. The molecule has 0 unspecified atom stereocenters. The highest BCUT2D eigenvalue weighted by Gasteiger charge is 2.13. The van der Waals surface area contributed by atoms with Crippen LogP contribution in [0.4, 0.5) is 5.69 Å². The predicted octanol–water partition coefficient (Wildman–Crippen LogP) is 4.18. The van der Waals surface area contributed by atoms with E-state index in [1.807, 2.05) is 24.3 Å². The first-order valence-electron chi connectivity index (χ1n) is 8.01. The van der Waals surface area contributed by atoms with Gasteiger partial charge in [0, 0.05) is 17.8 Å². The number of amides is 1. The molecule has 2 aromatic carbocycles. The number of hydrogen-bond donors (Lipinski definition) is 1. The number of nitrogens with one attached hydrogen (secondary N) is 1. The topological polar surface area (TPSA) is 68.5 Å². The maximum Gasteiger partial charge on any atom is 0.291 e. The van der Waals surface area contributed by atoms with E-state index in [0.29, 0.717) is 28.3 Å². The van der Waals surface area contributed by atoms with Crippen molar-refractivity contribution in [1.82, 2.24) is 0 Å². The molecule has 0 saturated carbocycles. The summed E-state index contributed by atoms with van der Waals surface area (Å²) >= 11 is 0. The predicted molar refractivity (Wildman–Crippen MR) is 97.5 cm³/mol. The summed E-state index contributed by atoms with van der Waals surface area (Å²) in [5, 5.41) is 3.14. The zero-order chi connectivity index (χ0) is 18.0. The Kier molecular flexibility index (Phi) is 4.57. The molecule has 0 aliphatic heterocycles. The molecule has 128 valence electrons. The van der Waals surface area contributed by atoms with Gasteiger partial charge < -0.3 is 14.5 Å². The van der Waals surface area contributed by atoms with Crippen LogP contribution in [0.5, 0.6) is 5.75 Å². The van der Waals surface area contributed by atoms with Crippen LogP contribution in [-0.2, 0) is 0 Å². The van der Waals surface area contributed by atoms with Crippen LogP contribution in [-0.4, -0.2) is 13.0 Å². The molecule has 1 N–H and O–H groups in total. The lowest BCUT2D eigenvalue weighted by Crippen LogP contribution is -2.15. The molecule has 0 fully saturated rings. The van der Waals surface area contributed by atoms with Gasteiger partial charge in [0.05, 0.1) is 12.5 Å². The van der Waals surface area contributed by atoms with Crippen LogP contribution in [0.2, 0.25) is 0 Å². The number of carbonyl (C=O) groups is 1. The molecule has 0 aliphatic carbocycles. The summed E-state index contributed by atoms with van der Waals surface area (Å²) in [6.45, 7) is 4.21. The van der Waals surface area contributed by atoms with Gasteiger partial charge in [-0.25, -0.2) is 0 Å². The normalized spacial score (nSPS) is 10.9. The van der Waals surface area contributed by atoms with Crippen molar-refractivity contribution >= 4 is 22.6 Å². The maximum absolute atomic E-state index is 12.4. The van der Waals surface area contributed by atoms with E-state index in [0.717, 1.165) is 0 Å². The fourth-order valence-electron chi connectivity index (χ4n) is 2.52. The van der Waals surface area contributed by atoms with Crippen molar-refractivity contribution in [2.24, 2.45) is 0 Å². The summed E-state index contributed by atoms with van der Waals surface area (Å²) in [5.74, 6) is 0.452. The monoisotopic (exact) mass is 337 g/mol. The number of anilines is 1. The minimum atomic E-state index is -0.473. The summed E-state index contributed by atoms with van der Waals surface area (Å²) in [6.07, 6.45) is 0. The molecule has 1 aromatic heterocycles. The molecular formula is C20H19NO4. The summed E-state index contributed by atoms with van der Waals surface area (Å²) in [7, 11) is 1.52. The Balaban J connectivity index is 1.90. The minimum absolute atomic E-state index is 0.0429. The Bertz CT molecular complexity index is 971. The van der Waals surface area contributed by atoms with Gasteiger partial charge in [-0.2, -0.15) is 0 Å². The van der Waals surface area contributed by atoms with E-state index in [9.17, 15) is 9.59 Å². The van der Waals surface area contributed by atoms with Crippen LogP contribution >= 0.6 is 0 Å². The first kappa shape index (κ1) is 16.8. The Morgan fingerprint density at radius 3 is 2.44 bits per heavy atom. The fourth-order valence-corrected chi connectivity index (χ4v) is 2.52. The van der Waals surface area contributed by atoms with Gasteiger partial charge in [0.2, 0.25) is 0 Å². The van der Waals surface area contributed by atoms with Crippen LogP contribution in [0.3, 0.4) is 0 Å². The number of methoxy groups -OCH3 is 1. The first-order valence-corrected chi connectivity index (χ1v) is 8.01. The molecule has 0 bridgehead atoms. The van der Waals surface area contributed by atoms with Crippen molar-refractivity contribution in [3.63, 3.8) is 0 Å². The van der Waals surface area contributed by atoms with Gasteiger partial charge in [0.15, 0.2) is 11.2 Å². The average molecular weight is 337 g/mol. The van der Waals surface area contributed by atoms with E-state index >= 15 is 0 Å². The number of rotatable bonds is 4. The highest BCUT2D eigenvalue weighted by Crippen LogP contribution is 2.21. The van der Waals surface area contributed by atoms with E-state index in [2.05, 4.69) is 19.2 Å². The van der Waals surface area contributed by atoms with Crippen LogP contribution in [0, 0.1) is 0 Å². The number of benzene rings is 2. The Labute approximate surface area is 145 Å². The van der Waals surface area contributed by atoms with Gasteiger partial charge in [-0.05, 0) is 35.7 Å². The third-order valence-electron chi connectivity index (χ3n) is 4.00. The van der Waals surface area contributed by atoms with Gasteiger partial charge >= 0.3 is 0 Å². The largest absolute Gasteiger partial charge is 0.497 e. The second-order valence-corrected chi connectivity index (χ2v) is 6.07. The Morgan fingerprint density at radius 1 is 1.08 bits per heavy atom. The summed E-state index contributed by atoms with van der Waals surface area (Å²) in [4.78, 5) is 24.6. The van der Waals surface area contributed by atoms with Crippen molar-refractivity contribution in [3.05, 3.63) is 70.1 Å². The number of fused-ring (bicyclic) bond motifs is 1. The van der Waals surface area contributed by atoms with Crippen molar-refractivity contribution in [2.75, 3.05) is 12.4 Å². The number of hydrogen-bond acceptors (Lipinski definition) is 4. The molecular weight excluding hydrogens is 318 g/mol. The molecule has 5 nitrogen and oxygen atoms in total. The van der Waals surface area contributed by atoms with Crippen molar-refractivity contribution in [3.8, 4) is 5.75 Å². The summed E-state index contributed by atoms with van der Waals surface area (Å²) in [6, 6.07) is 13.7. The van der Waals surface area contributed by atoms with Gasteiger partial charge in [0.1, 0.15) is 11.3 Å². The van der Waals surface area contributed by atoms with E-state index in [1.165, 1.54) is 18.7 Å². The lowest BCUT2D eigenvalue weighted by molar-refractivity contribution is 0.0997. The molecule has 0 spiro atoms. The minimum Gasteiger partial charge on any atom is -0.497 e. The van der Waals surface area contributed by atoms with Crippen LogP contribution < -0.4 is 15.5 Å².